The Morgan fingerprint density at radius 1 is 0.974 bits per heavy atom. The number of anilines is 2. The number of hydrogen-bond acceptors (Lipinski definition) is 7. The molecule has 4 rings (SSSR count). The number of nitriles is 1. The molecule has 0 atom stereocenters. The maximum absolute atomic E-state index is 13.6. The Balaban J connectivity index is 1.76. The Bertz CT molecular complexity index is 1340. The molecule has 0 unspecified atom stereocenters. The van der Waals surface area contributed by atoms with Gasteiger partial charge < -0.3 is 9.80 Å². The number of para-hydroxylation sites is 1. The summed E-state index contributed by atoms with van der Waals surface area (Å²) in [5, 5.41) is 9.95. The molecule has 0 bridgehead atoms. The van der Waals surface area contributed by atoms with Crippen molar-refractivity contribution in [1.82, 2.24) is 9.47 Å². The fraction of sp³-hybridized carbons (Fsp3) is 0.467. The lowest BCUT2D eigenvalue weighted by atomic mass is 10.0. The third kappa shape index (κ3) is 6.23. The normalized spacial score (nSPS) is 16.9. The van der Waals surface area contributed by atoms with Gasteiger partial charge in [-0.25, -0.2) is 0 Å². The van der Waals surface area contributed by atoms with Gasteiger partial charge in [-0.1, -0.05) is 75.3 Å². The number of thiocarbonyl (C=S) groups is 1. The van der Waals surface area contributed by atoms with Crippen molar-refractivity contribution in [1.29, 1.82) is 5.26 Å². The van der Waals surface area contributed by atoms with E-state index in [0.29, 0.717) is 27.9 Å². The van der Waals surface area contributed by atoms with Gasteiger partial charge >= 0.3 is 0 Å². The van der Waals surface area contributed by atoms with E-state index >= 15 is 0 Å². The Morgan fingerprint density at radius 2 is 1.64 bits per heavy atom. The number of rotatable bonds is 10. The van der Waals surface area contributed by atoms with Gasteiger partial charge in [0.15, 0.2) is 0 Å². The van der Waals surface area contributed by atoms with Crippen molar-refractivity contribution in [2.24, 2.45) is 0 Å². The average Bonchev–Trinajstić information content (AvgIpc) is 3.22. The zero-order chi connectivity index (χ0) is 27.9. The zero-order valence-electron chi connectivity index (χ0n) is 23.1. The molecule has 1 aromatic carbocycles. The SMILES string of the molecule is CCCCCN1C(=O)C(=Cc2c(C)c(C#N)c(=O)n(CCCC)c2N2CCN(c3ccccc3)CC2)SC1=S. The smallest absolute Gasteiger partial charge is 0.270 e. The highest BCUT2D eigenvalue weighted by molar-refractivity contribution is 8.26. The molecule has 2 aromatic rings. The van der Waals surface area contributed by atoms with E-state index in [-0.39, 0.29) is 17.0 Å². The Hall–Kier alpha value is -3.09. The molecule has 39 heavy (non-hydrogen) atoms. The number of thioether (sulfide) groups is 1. The molecular weight excluding hydrogens is 526 g/mol. The van der Waals surface area contributed by atoms with Crippen LogP contribution in [0.5, 0.6) is 0 Å². The van der Waals surface area contributed by atoms with Gasteiger partial charge in [0.2, 0.25) is 0 Å². The van der Waals surface area contributed by atoms with E-state index < -0.39 is 0 Å². The van der Waals surface area contributed by atoms with Crippen molar-refractivity contribution in [3.05, 3.63) is 62.3 Å². The van der Waals surface area contributed by atoms with Crippen LogP contribution in [0.15, 0.2) is 40.0 Å². The second-order valence-corrected chi connectivity index (χ2v) is 11.7. The molecule has 0 saturated carbocycles. The van der Waals surface area contributed by atoms with Gasteiger partial charge in [-0.3, -0.25) is 19.1 Å². The zero-order valence-corrected chi connectivity index (χ0v) is 24.7. The van der Waals surface area contributed by atoms with Crippen LogP contribution in [0.3, 0.4) is 0 Å². The second-order valence-electron chi connectivity index (χ2n) is 10.0. The van der Waals surface area contributed by atoms with Crippen molar-refractivity contribution in [2.45, 2.75) is 59.4 Å². The number of carbonyl (C=O) groups is 1. The standard InChI is InChI=1S/C30H37N5O2S2/c1-4-6-11-15-35-29(37)26(39-30(35)38)20-24-22(3)25(21-31)28(36)34(14-7-5-2)27(24)33-18-16-32(17-19-33)23-12-9-8-10-13-23/h8-10,12-13,20H,4-7,11,14-19H2,1-3H3. The van der Waals surface area contributed by atoms with Gasteiger partial charge in [0.1, 0.15) is 21.8 Å². The molecule has 2 aliphatic heterocycles. The van der Waals surface area contributed by atoms with E-state index in [2.05, 4.69) is 41.8 Å². The van der Waals surface area contributed by atoms with E-state index in [4.69, 9.17) is 12.2 Å². The first-order chi connectivity index (χ1) is 18.9. The summed E-state index contributed by atoms with van der Waals surface area (Å²) in [4.78, 5) is 33.8. The van der Waals surface area contributed by atoms with Crippen LogP contribution in [-0.4, -0.2) is 52.4 Å². The molecule has 9 heteroatoms. The first kappa shape index (κ1) is 28.9. The first-order valence-electron chi connectivity index (χ1n) is 13.9. The van der Waals surface area contributed by atoms with Gasteiger partial charge in [0, 0.05) is 50.5 Å². The number of hydrogen-bond donors (Lipinski definition) is 0. The summed E-state index contributed by atoms with van der Waals surface area (Å²) in [7, 11) is 0. The lowest BCUT2D eigenvalue weighted by Gasteiger charge is -2.39. The fourth-order valence-electron chi connectivity index (χ4n) is 5.17. The van der Waals surface area contributed by atoms with Crippen LogP contribution in [0.25, 0.3) is 6.08 Å². The quantitative estimate of drug-likeness (QED) is 0.213. The maximum Gasteiger partial charge on any atom is 0.270 e. The monoisotopic (exact) mass is 563 g/mol. The molecule has 7 nitrogen and oxygen atoms in total. The molecule has 0 N–H and O–H groups in total. The molecule has 0 spiro atoms. The molecule has 1 amide bonds. The summed E-state index contributed by atoms with van der Waals surface area (Å²) in [5.74, 6) is 0.707. The summed E-state index contributed by atoms with van der Waals surface area (Å²) in [6, 6.07) is 12.5. The van der Waals surface area contributed by atoms with E-state index in [1.807, 2.05) is 31.2 Å². The van der Waals surface area contributed by atoms with Crippen LogP contribution in [-0.2, 0) is 11.3 Å². The Morgan fingerprint density at radius 3 is 2.28 bits per heavy atom. The highest BCUT2D eigenvalue weighted by Crippen LogP contribution is 2.36. The lowest BCUT2D eigenvalue weighted by molar-refractivity contribution is -0.122. The van der Waals surface area contributed by atoms with E-state index in [0.717, 1.165) is 69.7 Å². The highest BCUT2D eigenvalue weighted by Gasteiger charge is 2.33. The van der Waals surface area contributed by atoms with Crippen LogP contribution in [0, 0.1) is 18.3 Å². The third-order valence-corrected chi connectivity index (χ3v) is 8.79. The van der Waals surface area contributed by atoms with Crippen LogP contribution < -0.4 is 15.4 Å². The molecule has 206 valence electrons. The first-order valence-corrected chi connectivity index (χ1v) is 15.1. The molecule has 0 radical (unpaired) electrons. The van der Waals surface area contributed by atoms with E-state index in [1.165, 1.54) is 17.4 Å². The maximum atomic E-state index is 13.6. The Kier molecular flexibility index (Phi) is 9.87. The van der Waals surface area contributed by atoms with E-state index in [1.54, 1.807) is 9.47 Å². The number of nitrogens with zero attached hydrogens (tertiary/aromatic N) is 5. The number of unbranched alkanes of at least 4 members (excludes halogenated alkanes) is 3. The minimum absolute atomic E-state index is 0.0924. The Labute approximate surface area is 241 Å². The predicted octanol–water partition coefficient (Wildman–Crippen LogP) is 5.55. The van der Waals surface area contributed by atoms with Crippen molar-refractivity contribution in [2.75, 3.05) is 42.5 Å². The average molecular weight is 564 g/mol. The summed E-state index contributed by atoms with van der Waals surface area (Å²) < 4.78 is 2.33. The minimum atomic E-state index is -0.256. The molecule has 0 aliphatic carbocycles. The number of carbonyl (C=O) groups excluding carboxylic acids is 1. The second kappa shape index (κ2) is 13.3. The third-order valence-electron chi connectivity index (χ3n) is 7.42. The van der Waals surface area contributed by atoms with Crippen LogP contribution >= 0.6 is 24.0 Å². The molecule has 2 saturated heterocycles. The van der Waals surface area contributed by atoms with Crippen molar-refractivity contribution in [3.63, 3.8) is 0 Å². The summed E-state index contributed by atoms with van der Waals surface area (Å²) >= 11 is 6.88. The molecule has 3 heterocycles. The van der Waals surface area contributed by atoms with Crippen molar-refractivity contribution in [3.8, 4) is 6.07 Å². The number of amides is 1. The molecule has 2 fully saturated rings. The van der Waals surface area contributed by atoms with Gasteiger partial charge in [0.05, 0.1) is 4.91 Å². The minimum Gasteiger partial charge on any atom is -0.368 e. The number of pyridine rings is 1. The molecule has 1 aromatic heterocycles. The van der Waals surface area contributed by atoms with Crippen molar-refractivity contribution >= 4 is 51.8 Å². The molecule has 2 aliphatic rings. The summed E-state index contributed by atoms with van der Waals surface area (Å²) in [6.07, 6.45) is 6.64. The lowest BCUT2D eigenvalue weighted by Crippen LogP contribution is -2.48. The van der Waals surface area contributed by atoms with Gasteiger partial charge in [-0.05, 0) is 43.5 Å². The van der Waals surface area contributed by atoms with Crippen LogP contribution in [0.1, 0.15) is 62.6 Å². The van der Waals surface area contributed by atoms with Crippen LogP contribution in [0.2, 0.25) is 0 Å². The largest absolute Gasteiger partial charge is 0.368 e. The van der Waals surface area contributed by atoms with Gasteiger partial charge in [-0.15, -0.1) is 0 Å². The fourth-order valence-corrected chi connectivity index (χ4v) is 6.46. The number of piperazine rings is 1. The predicted molar refractivity (Wildman–Crippen MR) is 165 cm³/mol. The molecular formula is C30H37N5O2S2. The number of aromatic nitrogens is 1. The van der Waals surface area contributed by atoms with Gasteiger partial charge in [0.25, 0.3) is 11.5 Å². The summed E-state index contributed by atoms with van der Waals surface area (Å²) in [6.45, 7) is 10.3. The van der Waals surface area contributed by atoms with Gasteiger partial charge in [-0.2, -0.15) is 5.26 Å². The highest BCUT2D eigenvalue weighted by atomic mass is 32.2. The van der Waals surface area contributed by atoms with Crippen LogP contribution in [0.4, 0.5) is 11.5 Å². The van der Waals surface area contributed by atoms with E-state index in [9.17, 15) is 14.9 Å². The topological polar surface area (TPSA) is 72.6 Å². The number of benzene rings is 1. The van der Waals surface area contributed by atoms with Crippen molar-refractivity contribution < 1.29 is 4.79 Å². The summed E-state index contributed by atoms with van der Waals surface area (Å²) in [5.41, 5.74) is 2.45.